The second-order valence-electron chi connectivity index (χ2n) is 3.27. The number of ether oxygens (including phenoxy) is 1. The Kier molecular flexibility index (Phi) is 3.01. The van der Waals surface area contributed by atoms with Gasteiger partial charge in [-0.05, 0) is 12.1 Å². The van der Waals surface area contributed by atoms with Crippen LogP contribution in [0.15, 0.2) is 28.8 Å². The lowest BCUT2D eigenvalue weighted by Crippen LogP contribution is -2.04. The number of nitrogens with zero attached hydrogens (tertiary/aromatic N) is 1. The van der Waals surface area contributed by atoms with Crippen LogP contribution in [-0.4, -0.2) is 18.2 Å². The average molecular weight is 253 g/mol. The lowest BCUT2D eigenvalue weighted by molar-refractivity contribution is 0.0602. The van der Waals surface area contributed by atoms with Crippen molar-refractivity contribution in [2.75, 3.05) is 12.8 Å². The molecule has 0 amide bonds. The first-order valence-electron chi connectivity index (χ1n) is 4.73. The predicted octanol–water partition coefficient (Wildman–Crippen LogP) is 2.36. The third-order valence-electron chi connectivity index (χ3n) is 2.23. The Morgan fingerprint density at radius 3 is 2.65 bits per heavy atom. The highest BCUT2D eigenvalue weighted by molar-refractivity contribution is 6.30. The number of halogens is 1. The highest BCUT2D eigenvalue weighted by Gasteiger charge is 2.22. The molecule has 6 heteroatoms. The van der Waals surface area contributed by atoms with Crippen molar-refractivity contribution in [2.45, 2.75) is 0 Å². The van der Waals surface area contributed by atoms with Crippen molar-refractivity contribution in [1.82, 2.24) is 5.16 Å². The first-order chi connectivity index (χ1) is 8.13. The number of rotatable bonds is 2. The Labute approximate surface area is 102 Å². The maximum Gasteiger partial charge on any atom is 0.345 e. The minimum Gasteiger partial charge on any atom is -0.465 e. The second-order valence-corrected chi connectivity index (χ2v) is 3.71. The van der Waals surface area contributed by atoms with Gasteiger partial charge in [-0.15, -0.1) is 0 Å². The van der Waals surface area contributed by atoms with E-state index in [9.17, 15) is 4.79 Å². The standard InChI is InChI=1S/C11H9ClN2O3/c1-16-11(15)8-9(14-17-10(8)13)6-2-4-7(12)5-3-6/h2-5H,13H2,1H3. The van der Waals surface area contributed by atoms with E-state index in [2.05, 4.69) is 9.89 Å². The van der Waals surface area contributed by atoms with Crippen molar-refractivity contribution in [1.29, 1.82) is 0 Å². The van der Waals surface area contributed by atoms with E-state index in [1.165, 1.54) is 7.11 Å². The van der Waals surface area contributed by atoms with E-state index in [0.29, 0.717) is 16.3 Å². The molecule has 1 heterocycles. The van der Waals surface area contributed by atoms with E-state index >= 15 is 0 Å². The van der Waals surface area contributed by atoms with Crippen molar-refractivity contribution in [3.63, 3.8) is 0 Å². The number of carbonyl (C=O) groups is 1. The molecule has 0 bridgehead atoms. The summed E-state index contributed by atoms with van der Waals surface area (Å²) >= 11 is 5.77. The molecule has 88 valence electrons. The molecule has 0 saturated heterocycles. The monoisotopic (exact) mass is 252 g/mol. The molecule has 17 heavy (non-hydrogen) atoms. The van der Waals surface area contributed by atoms with Gasteiger partial charge >= 0.3 is 5.97 Å². The van der Waals surface area contributed by atoms with Gasteiger partial charge in [-0.3, -0.25) is 0 Å². The van der Waals surface area contributed by atoms with Crippen LogP contribution in [0.25, 0.3) is 11.3 Å². The lowest BCUT2D eigenvalue weighted by Gasteiger charge is -2.00. The van der Waals surface area contributed by atoms with Gasteiger partial charge in [0.15, 0.2) is 5.56 Å². The second kappa shape index (κ2) is 4.47. The van der Waals surface area contributed by atoms with E-state index in [4.69, 9.17) is 21.9 Å². The molecule has 0 spiro atoms. The molecule has 0 aliphatic heterocycles. The molecule has 0 atom stereocenters. The smallest absolute Gasteiger partial charge is 0.345 e. The summed E-state index contributed by atoms with van der Waals surface area (Å²) in [5.74, 6) is -0.657. The van der Waals surface area contributed by atoms with Crippen LogP contribution in [0.4, 0.5) is 5.88 Å². The quantitative estimate of drug-likeness (QED) is 0.830. The molecule has 0 unspecified atom stereocenters. The fourth-order valence-corrected chi connectivity index (χ4v) is 1.53. The van der Waals surface area contributed by atoms with Crippen LogP contribution in [0.5, 0.6) is 0 Å². The van der Waals surface area contributed by atoms with Crippen LogP contribution in [-0.2, 0) is 4.74 Å². The summed E-state index contributed by atoms with van der Waals surface area (Å²) < 4.78 is 9.41. The van der Waals surface area contributed by atoms with Gasteiger partial charge in [0.05, 0.1) is 7.11 Å². The lowest BCUT2D eigenvalue weighted by atomic mass is 10.1. The number of methoxy groups -OCH3 is 1. The normalized spacial score (nSPS) is 10.2. The Morgan fingerprint density at radius 2 is 2.06 bits per heavy atom. The van der Waals surface area contributed by atoms with E-state index in [0.717, 1.165) is 0 Å². The van der Waals surface area contributed by atoms with Gasteiger partial charge in [0, 0.05) is 10.6 Å². The Bertz CT molecular complexity index is 548. The highest BCUT2D eigenvalue weighted by Crippen LogP contribution is 2.28. The molecule has 0 aliphatic rings. The summed E-state index contributed by atoms with van der Waals surface area (Å²) in [4.78, 5) is 11.5. The molecule has 2 aromatic rings. The average Bonchev–Trinajstić information content (AvgIpc) is 2.71. The molecule has 0 radical (unpaired) electrons. The van der Waals surface area contributed by atoms with Gasteiger partial charge in [-0.25, -0.2) is 4.79 Å². The number of anilines is 1. The zero-order valence-corrected chi connectivity index (χ0v) is 9.69. The number of nitrogen functional groups attached to an aromatic ring is 1. The van der Waals surface area contributed by atoms with Crippen molar-refractivity contribution in [3.05, 3.63) is 34.9 Å². The van der Waals surface area contributed by atoms with Crippen molar-refractivity contribution >= 4 is 23.5 Å². The molecular weight excluding hydrogens is 244 g/mol. The van der Waals surface area contributed by atoms with E-state index in [-0.39, 0.29) is 11.4 Å². The summed E-state index contributed by atoms with van der Waals surface area (Å²) in [7, 11) is 1.26. The molecule has 0 aliphatic carbocycles. The third-order valence-corrected chi connectivity index (χ3v) is 2.48. The van der Waals surface area contributed by atoms with Crippen LogP contribution in [0.2, 0.25) is 5.02 Å². The summed E-state index contributed by atoms with van der Waals surface area (Å²) in [6.07, 6.45) is 0. The zero-order valence-electron chi connectivity index (χ0n) is 8.94. The third kappa shape index (κ3) is 2.09. The van der Waals surface area contributed by atoms with Crippen molar-refractivity contribution in [3.8, 4) is 11.3 Å². The number of nitrogens with two attached hydrogens (primary N) is 1. The van der Waals surface area contributed by atoms with Crippen LogP contribution >= 0.6 is 11.6 Å². The molecule has 5 nitrogen and oxygen atoms in total. The zero-order chi connectivity index (χ0) is 12.4. The summed E-state index contributed by atoms with van der Waals surface area (Å²) in [5, 5.41) is 4.33. The van der Waals surface area contributed by atoms with E-state index in [1.807, 2.05) is 0 Å². The van der Waals surface area contributed by atoms with E-state index in [1.54, 1.807) is 24.3 Å². The van der Waals surface area contributed by atoms with Crippen LogP contribution in [0, 0.1) is 0 Å². The molecule has 1 aromatic carbocycles. The van der Waals surface area contributed by atoms with Crippen LogP contribution in [0.1, 0.15) is 10.4 Å². The van der Waals surface area contributed by atoms with Crippen LogP contribution in [0.3, 0.4) is 0 Å². The maximum atomic E-state index is 11.5. The van der Waals surface area contributed by atoms with Gasteiger partial charge in [0.1, 0.15) is 5.69 Å². The van der Waals surface area contributed by atoms with Gasteiger partial charge < -0.3 is 15.0 Å². The molecule has 0 saturated carbocycles. The fourth-order valence-electron chi connectivity index (χ4n) is 1.41. The van der Waals surface area contributed by atoms with Crippen LogP contribution < -0.4 is 5.73 Å². The summed E-state index contributed by atoms with van der Waals surface area (Å²) in [6, 6.07) is 6.80. The number of hydrogen-bond donors (Lipinski definition) is 1. The van der Waals surface area contributed by atoms with Gasteiger partial charge in [-0.1, -0.05) is 28.9 Å². The fraction of sp³-hybridized carbons (Fsp3) is 0.0909. The number of hydrogen-bond acceptors (Lipinski definition) is 5. The van der Waals surface area contributed by atoms with Gasteiger partial charge in [-0.2, -0.15) is 0 Å². The van der Waals surface area contributed by atoms with Gasteiger partial charge in [0.25, 0.3) is 0 Å². The Balaban J connectivity index is 2.52. The summed E-state index contributed by atoms with van der Waals surface area (Å²) in [6.45, 7) is 0. The predicted molar refractivity (Wildman–Crippen MR) is 62.7 cm³/mol. The summed E-state index contributed by atoms with van der Waals surface area (Å²) in [5.41, 5.74) is 6.66. The molecular formula is C11H9ClN2O3. The molecule has 2 N–H and O–H groups in total. The Morgan fingerprint density at radius 1 is 1.41 bits per heavy atom. The largest absolute Gasteiger partial charge is 0.465 e. The minimum atomic E-state index is -0.589. The minimum absolute atomic E-state index is 0.0678. The molecule has 0 fully saturated rings. The number of carbonyl (C=O) groups excluding carboxylic acids is 1. The van der Waals surface area contributed by atoms with Gasteiger partial charge in [0.2, 0.25) is 5.88 Å². The Hall–Kier alpha value is -2.01. The topological polar surface area (TPSA) is 78.3 Å². The first-order valence-corrected chi connectivity index (χ1v) is 5.10. The number of aromatic nitrogens is 1. The number of benzene rings is 1. The molecule has 2 rings (SSSR count). The number of esters is 1. The van der Waals surface area contributed by atoms with Crippen molar-refractivity contribution in [2.24, 2.45) is 0 Å². The maximum absolute atomic E-state index is 11.5. The highest BCUT2D eigenvalue weighted by atomic mass is 35.5. The van der Waals surface area contributed by atoms with Crippen molar-refractivity contribution < 1.29 is 14.1 Å². The SMILES string of the molecule is COC(=O)c1c(-c2ccc(Cl)cc2)noc1N. The molecule has 1 aromatic heterocycles. The van der Waals surface area contributed by atoms with E-state index < -0.39 is 5.97 Å². The first kappa shape index (κ1) is 11.5.